The molecule has 12 rings (SSSR count). The van der Waals surface area contributed by atoms with E-state index in [4.69, 9.17) is 71.1 Å². The molecule has 3 fully saturated rings. The second-order valence-electron chi connectivity index (χ2n) is 25.9. The molecule has 0 unspecified atom stereocenters. The lowest BCUT2D eigenvalue weighted by molar-refractivity contribution is -0.373. The van der Waals surface area contributed by atoms with E-state index in [0.29, 0.717) is 30.6 Å². The number of unbranched alkanes of at least 4 members (excludes halogenated alkanes) is 2. The number of rotatable bonds is 36. The number of imide groups is 1. The van der Waals surface area contributed by atoms with Crippen molar-refractivity contribution in [3.05, 3.63) is 281 Å². The molecule has 22 heteroatoms. The van der Waals surface area contributed by atoms with Crippen molar-refractivity contribution < 1.29 is 100 Å². The van der Waals surface area contributed by atoms with E-state index in [2.05, 4.69) is 0 Å². The Morgan fingerprint density at radius 1 is 0.419 bits per heavy atom. The van der Waals surface area contributed by atoms with Crippen molar-refractivity contribution in [1.29, 1.82) is 0 Å². The van der Waals surface area contributed by atoms with E-state index in [9.17, 15) is 29.4 Å². The summed E-state index contributed by atoms with van der Waals surface area (Å²) >= 11 is 0. The summed E-state index contributed by atoms with van der Waals surface area (Å²) in [6.07, 6.45) is -17.6. The number of nitrogens with zero attached hydrogens (tertiary/aromatic N) is 1. The molecule has 8 aromatic carbocycles. The number of aliphatic hydroxyl groups excluding tert-OH is 2. The summed E-state index contributed by atoms with van der Waals surface area (Å²) in [7, 11) is 2.89. The number of hydrogen-bond acceptors (Lipinski definition) is 21. The topological polar surface area (TPSA) is 250 Å². The molecule has 3 saturated heterocycles. The van der Waals surface area contributed by atoms with E-state index in [1.165, 1.54) is 7.11 Å². The van der Waals surface area contributed by atoms with Gasteiger partial charge in [-0.2, -0.15) is 0 Å². The third kappa shape index (κ3) is 20.0. The Balaban J connectivity index is 0.930. The maximum Gasteiger partial charge on any atom is 0.338 e. The number of ether oxygens (including phenoxy) is 15. The lowest BCUT2D eigenvalue weighted by atomic mass is 9.94. The first-order chi connectivity index (χ1) is 51.5. The maximum atomic E-state index is 14.9. The first-order valence-corrected chi connectivity index (χ1v) is 35.5. The van der Waals surface area contributed by atoms with Gasteiger partial charge in [0.25, 0.3) is 11.8 Å². The highest BCUT2D eigenvalue weighted by molar-refractivity contribution is 6.21. The molecule has 4 aliphatic rings. The zero-order valence-corrected chi connectivity index (χ0v) is 58.6. The Hall–Kier alpha value is -8.92. The minimum absolute atomic E-state index is 0.0153. The van der Waals surface area contributed by atoms with E-state index < -0.39 is 123 Å². The Morgan fingerprint density at radius 2 is 0.867 bits per heavy atom. The molecular formula is C83H89NO21. The van der Waals surface area contributed by atoms with Crippen LogP contribution in [0.2, 0.25) is 0 Å². The van der Waals surface area contributed by atoms with Crippen molar-refractivity contribution in [2.45, 2.75) is 157 Å². The fourth-order valence-electron chi connectivity index (χ4n) is 13.3. The van der Waals surface area contributed by atoms with Gasteiger partial charge in [0.15, 0.2) is 25.0 Å². The van der Waals surface area contributed by atoms with Crippen LogP contribution >= 0.6 is 0 Å². The van der Waals surface area contributed by atoms with Gasteiger partial charge in [0.2, 0.25) is 0 Å². The zero-order valence-electron chi connectivity index (χ0n) is 58.6. The smallest absolute Gasteiger partial charge is 0.338 e. The van der Waals surface area contributed by atoms with Gasteiger partial charge in [0.05, 0.1) is 90.4 Å². The van der Waals surface area contributed by atoms with Gasteiger partial charge in [-0.05, 0) is 82.6 Å². The standard InChI is InChI=1S/C83H89NO21/c1-91-62-43-41-60(42-44-62)52-95-71-67(102-81(94-45-25-9-22-40-68(86)92-2)69(73(71)97-49-57-30-14-5-15-31-57)84-78(88)63-38-23-24-39-64(63)79(84)89)54-100-82-77(104-80(90)61-36-20-8-21-37-61)74(70(87)65(46-85)101-82)105-83-76(99-51-59-34-18-7-19-35-59)75(98-50-58-32-16-6-17-33-58)72(96-48-56-28-12-4-13-29-56)66(103-83)53-93-47-55-26-10-3-11-27-55/h3-8,10-21,23-24,26-39,41-44,65-67,69-77,81-83,85,87H,9,22,25,40,45-54H2,1-2H3/t65-,66-,67-,69-,70+,71-,72+,73-,74+,75+,76-,77-,81-,82-,83-/m1/s1. The average Bonchev–Trinajstić information content (AvgIpc) is 1.66. The van der Waals surface area contributed by atoms with Crippen molar-refractivity contribution in [3.63, 3.8) is 0 Å². The molecule has 0 spiro atoms. The minimum Gasteiger partial charge on any atom is -0.497 e. The highest BCUT2D eigenvalue weighted by Crippen LogP contribution is 2.40. The molecule has 0 aliphatic carbocycles. The van der Waals surface area contributed by atoms with Crippen molar-refractivity contribution in [3.8, 4) is 5.75 Å². The summed E-state index contributed by atoms with van der Waals surface area (Å²) < 4.78 is 100. The fraction of sp³-hybridized carbons (Fsp3) is 0.373. The van der Waals surface area contributed by atoms with Crippen LogP contribution in [0.1, 0.15) is 90.1 Å². The van der Waals surface area contributed by atoms with E-state index in [1.807, 2.05) is 164 Å². The summed E-state index contributed by atoms with van der Waals surface area (Å²) in [6.45, 7) is -1.03. The van der Waals surface area contributed by atoms with Crippen LogP contribution in [0.5, 0.6) is 5.75 Å². The summed E-state index contributed by atoms with van der Waals surface area (Å²) in [5.41, 5.74) is 5.32. The van der Waals surface area contributed by atoms with Gasteiger partial charge in [-0.25, -0.2) is 4.79 Å². The number of carbonyl (C=O) groups excluding carboxylic acids is 4. The third-order valence-electron chi connectivity index (χ3n) is 18.8. The predicted octanol–water partition coefficient (Wildman–Crippen LogP) is 10.7. The highest BCUT2D eigenvalue weighted by Gasteiger charge is 2.58. The fourth-order valence-corrected chi connectivity index (χ4v) is 13.3. The number of benzene rings is 8. The van der Waals surface area contributed by atoms with Crippen LogP contribution in [0.3, 0.4) is 0 Å². The van der Waals surface area contributed by atoms with Gasteiger partial charge in [-0.3, -0.25) is 19.3 Å². The Morgan fingerprint density at radius 3 is 1.39 bits per heavy atom. The molecule has 552 valence electrons. The van der Waals surface area contributed by atoms with Gasteiger partial charge < -0.3 is 81.3 Å². The number of carbonyl (C=O) groups is 4. The number of hydrogen-bond donors (Lipinski definition) is 2. The maximum absolute atomic E-state index is 14.9. The van der Waals surface area contributed by atoms with Crippen LogP contribution in [-0.2, 0) is 111 Å². The second-order valence-corrected chi connectivity index (χ2v) is 25.9. The molecule has 0 bridgehead atoms. The van der Waals surface area contributed by atoms with E-state index >= 15 is 0 Å². The summed E-state index contributed by atoms with van der Waals surface area (Å²) in [5.74, 6) is -1.85. The van der Waals surface area contributed by atoms with Gasteiger partial charge in [-0.1, -0.05) is 201 Å². The lowest BCUT2D eigenvalue weighted by Gasteiger charge is -2.50. The van der Waals surface area contributed by atoms with Crippen molar-refractivity contribution >= 4 is 23.8 Å². The second kappa shape index (κ2) is 38.4. The molecule has 2 N–H and O–H groups in total. The van der Waals surface area contributed by atoms with Crippen LogP contribution in [0, 0.1) is 0 Å². The Labute approximate surface area is 610 Å². The summed E-state index contributed by atoms with van der Waals surface area (Å²) in [4.78, 5) is 58.1. The molecule has 4 heterocycles. The predicted molar refractivity (Wildman–Crippen MR) is 380 cm³/mol. The number of fused-ring (bicyclic) bond motifs is 1. The zero-order chi connectivity index (χ0) is 72.7. The highest BCUT2D eigenvalue weighted by atomic mass is 16.8. The van der Waals surface area contributed by atoms with Crippen molar-refractivity contribution in [1.82, 2.24) is 4.90 Å². The Kier molecular flexibility index (Phi) is 27.7. The number of esters is 2. The van der Waals surface area contributed by atoms with Crippen molar-refractivity contribution in [2.24, 2.45) is 0 Å². The molecule has 15 atom stereocenters. The molecule has 0 saturated carbocycles. The van der Waals surface area contributed by atoms with Crippen LogP contribution in [0.4, 0.5) is 0 Å². The van der Waals surface area contributed by atoms with Gasteiger partial charge in [0.1, 0.15) is 72.8 Å². The molecule has 4 aliphatic heterocycles. The Bertz CT molecular complexity index is 3930. The van der Waals surface area contributed by atoms with Crippen LogP contribution in [0.15, 0.2) is 231 Å². The molecule has 105 heavy (non-hydrogen) atoms. The molecule has 8 aromatic rings. The van der Waals surface area contributed by atoms with Crippen LogP contribution in [-0.4, -0.2) is 172 Å². The average molecular weight is 1440 g/mol. The normalized spacial score (nSPS) is 25.1. The monoisotopic (exact) mass is 1440 g/mol. The quantitative estimate of drug-likeness (QED) is 0.0210. The number of aliphatic hydroxyl groups is 2. The lowest BCUT2D eigenvalue weighted by Crippen LogP contribution is -2.68. The van der Waals surface area contributed by atoms with Gasteiger partial charge in [0, 0.05) is 13.0 Å². The van der Waals surface area contributed by atoms with Crippen LogP contribution in [0.25, 0.3) is 0 Å². The first-order valence-electron chi connectivity index (χ1n) is 35.5. The summed E-state index contributed by atoms with van der Waals surface area (Å²) in [6, 6.07) is 68.4. The van der Waals surface area contributed by atoms with Gasteiger partial charge in [-0.15, -0.1) is 0 Å². The van der Waals surface area contributed by atoms with E-state index in [1.54, 1.807) is 73.8 Å². The van der Waals surface area contributed by atoms with E-state index in [0.717, 1.165) is 32.7 Å². The first kappa shape index (κ1) is 75.8. The third-order valence-corrected chi connectivity index (χ3v) is 18.8. The number of methoxy groups -OCH3 is 2. The molecule has 2 amide bonds. The van der Waals surface area contributed by atoms with Gasteiger partial charge >= 0.3 is 11.9 Å². The molecule has 0 aromatic heterocycles. The summed E-state index contributed by atoms with van der Waals surface area (Å²) in [5, 5.41) is 24.2. The van der Waals surface area contributed by atoms with E-state index in [-0.39, 0.29) is 81.9 Å². The molecule has 22 nitrogen and oxygen atoms in total. The van der Waals surface area contributed by atoms with Crippen molar-refractivity contribution in [2.75, 3.05) is 40.6 Å². The molecule has 0 radical (unpaired) electrons. The largest absolute Gasteiger partial charge is 0.497 e. The van der Waals surface area contributed by atoms with Crippen LogP contribution < -0.4 is 4.74 Å². The SMILES string of the molecule is COC(=O)CCCCCO[C@@H]1O[C@H](CO[C@@H]2O[C@H](CO)[C@H](O)[C@H](O[C@H]3O[C@H](COCc4ccccc4)[C@H](OCc4ccccc4)[C@H](OCc4ccccc4)[C@H]3OCc3ccccc3)[C@H]2OC(=O)c2ccccc2)[C@@H](OCc2ccc(OC)cc2)[C@H](OCc2ccccc2)[C@H]1N1C(=O)c2ccccc2C1=O. The molecular weight excluding hydrogens is 1350 g/mol. The number of amides is 2. The minimum atomic E-state index is -1.78.